The summed E-state index contributed by atoms with van der Waals surface area (Å²) in [6.45, 7) is -0.195. The van der Waals surface area contributed by atoms with Gasteiger partial charge in [0.1, 0.15) is 5.75 Å². The van der Waals surface area contributed by atoms with Crippen LogP contribution in [-0.4, -0.2) is 43.2 Å². The highest BCUT2D eigenvalue weighted by atomic mass is 19.4. The van der Waals surface area contributed by atoms with Gasteiger partial charge in [0.15, 0.2) is 6.61 Å². The fourth-order valence-corrected chi connectivity index (χ4v) is 3.18. The summed E-state index contributed by atoms with van der Waals surface area (Å²) in [7, 11) is 0. The third-order valence-corrected chi connectivity index (χ3v) is 4.07. The van der Waals surface area contributed by atoms with Gasteiger partial charge in [0.2, 0.25) is 0 Å². The molecule has 2 aliphatic rings. The second-order valence-electron chi connectivity index (χ2n) is 5.97. The van der Waals surface area contributed by atoms with Crippen molar-refractivity contribution < 1.29 is 27.8 Å². The van der Waals surface area contributed by atoms with Gasteiger partial charge in [0, 0.05) is 12.1 Å². The second kappa shape index (κ2) is 5.72. The molecule has 3 rings (SSSR count). The lowest BCUT2D eigenvalue weighted by atomic mass is 9.78. The summed E-state index contributed by atoms with van der Waals surface area (Å²) in [6.07, 6.45) is -3.32. The van der Waals surface area contributed by atoms with E-state index in [0.717, 1.165) is 0 Å². The molecule has 2 bridgehead atoms. The predicted molar refractivity (Wildman–Crippen MR) is 72.7 cm³/mol. The number of hydrogen-bond donors (Lipinski definition) is 2. The minimum atomic E-state index is -4.36. The van der Waals surface area contributed by atoms with Crippen LogP contribution in [0.25, 0.3) is 0 Å². The Morgan fingerprint density at radius 3 is 2.32 bits per heavy atom. The molecule has 2 heterocycles. The lowest BCUT2D eigenvalue weighted by molar-refractivity contribution is -0.153. The standard InChI is InChI=1S/C15H18F3NO3/c16-15(17,18)9-22-13-3-1-10(2-4-13)14(20)5-11-7-21-8-12(6-14)19-11/h1-4,11-12,19-20H,5-9H2. The van der Waals surface area contributed by atoms with Crippen molar-refractivity contribution in [2.75, 3.05) is 19.8 Å². The number of rotatable bonds is 3. The number of ether oxygens (including phenoxy) is 2. The summed E-state index contributed by atoms with van der Waals surface area (Å²) in [6, 6.07) is 6.39. The largest absolute Gasteiger partial charge is 0.484 e. The molecule has 0 aliphatic carbocycles. The van der Waals surface area contributed by atoms with E-state index >= 15 is 0 Å². The molecule has 0 aromatic heterocycles. The van der Waals surface area contributed by atoms with Crippen molar-refractivity contribution in [3.63, 3.8) is 0 Å². The van der Waals surface area contributed by atoms with Crippen molar-refractivity contribution in [2.24, 2.45) is 0 Å². The first-order chi connectivity index (χ1) is 10.3. The number of nitrogens with one attached hydrogen (secondary N) is 1. The molecule has 2 unspecified atom stereocenters. The molecule has 0 saturated carbocycles. The van der Waals surface area contributed by atoms with Gasteiger partial charge in [0.25, 0.3) is 0 Å². The zero-order chi connectivity index (χ0) is 15.8. The van der Waals surface area contributed by atoms with Gasteiger partial charge >= 0.3 is 6.18 Å². The number of halogens is 3. The highest BCUT2D eigenvalue weighted by Crippen LogP contribution is 2.37. The minimum absolute atomic E-state index is 0.0960. The Morgan fingerprint density at radius 2 is 1.77 bits per heavy atom. The molecule has 122 valence electrons. The molecule has 7 heteroatoms. The van der Waals surface area contributed by atoms with Crippen LogP contribution in [-0.2, 0) is 10.3 Å². The Balaban J connectivity index is 1.69. The van der Waals surface area contributed by atoms with Gasteiger partial charge in [-0.2, -0.15) is 13.2 Å². The van der Waals surface area contributed by atoms with Crippen LogP contribution in [0, 0.1) is 0 Å². The van der Waals surface area contributed by atoms with Crippen LogP contribution in [0.2, 0.25) is 0 Å². The highest BCUT2D eigenvalue weighted by Gasteiger charge is 2.42. The molecule has 2 N–H and O–H groups in total. The Hall–Kier alpha value is -1.31. The monoisotopic (exact) mass is 317 g/mol. The van der Waals surface area contributed by atoms with E-state index in [0.29, 0.717) is 31.6 Å². The van der Waals surface area contributed by atoms with Gasteiger partial charge in [-0.3, -0.25) is 0 Å². The Labute approximate surface area is 126 Å². The number of aliphatic hydroxyl groups is 1. The molecule has 0 amide bonds. The third-order valence-electron chi connectivity index (χ3n) is 4.07. The Bertz CT molecular complexity index is 506. The van der Waals surface area contributed by atoms with Crippen LogP contribution in [0.15, 0.2) is 24.3 Å². The van der Waals surface area contributed by atoms with E-state index in [1.54, 1.807) is 12.1 Å². The fourth-order valence-electron chi connectivity index (χ4n) is 3.18. The molecule has 2 saturated heterocycles. The maximum Gasteiger partial charge on any atom is 0.422 e. The molecular formula is C15H18F3NO3. The lowest BCUT2D eigenvalue weighted by Crippen LogP contribution is -2.58. The van der Waals surface area contributed by atoms with Crippen LogP contribution in [0.4, 0.5) is 13.2 Å². The number of alkyl halides is 3. The first-order valence-corrected chi connectivity index (χ1v) is 7.20. The van der Waals surface area contributed by atoms with Crippen molar-refractivity contribution in [3.8, 4) is 5.75 Å². The highest BCUT2D eigenvalue weighted by molar-refractivity contribution is 5.32. The normalized spacial score (nSPS) is 31.8. The van der Waals surface area contributed by atoms with Gasteiger partial charge in [-0.1, -0.05) is 12.1 Å². The maximum atomic E-state index is 12.1. The van der Waals surface area contributed by atoms with E-state index in [9.17, 15) is 18.3 Å². The summed E-state index contributed by atoms with van der Waals surface area (Å²) >= 11 is 0. The van der Waals surface area contributed by atoms with E-state index in [2.05, 4.69) is 10.1 Å². The summed E-state index contributed by atoms with van der Waals surface area (Å²) in [5.74, 6) is 0.141. The SMILES string of the molecule is OC1(c2ccc(OCC(F)(F)F)cc2)CC2COCC(C1)N2. The molecule has 2 fully saturated rings. The zero-order valence-corrected chi connectivity index (χ0v) is 11.9. The van der Waals surface area contributed by atoms with E-state index in [1.807, 2.05) is 0 Å². The van der Waals surface area contributed by atoms with E-state index in [1.165, 1.54) is 12.1 Å². The third kappa shape index (κ3) is 3.53. The van der Waals surface area contributed by atoms with Crippen LogP contribution < -0.4 is 10.1 Å². The topological polar surface area (TPSA) is 50.7 Å². The fraction of sp³-hybridized carbons (Fsp3) is 0.600. The molecular weight excluding hydrogens is 299 g/mol. The summed E-state index contributed by atoms with van der Waals surface area (Å²) in [5, 5.41) is 14.3. The van der Waals surface area contributed by atoms with Crippen molar-refractivity contribution in [1.82, 2.24) is 5.32 Å². The number of fused-ring (bicyclic) bond motifs is 2. The molecule has 1 aromatic rings. The molecule has 22 heavy (non-hydrogen) atoms. The molecule has 0 radical (unpaired) electrons. The van der Waals surface area contributed by atoms with Gasteiger partial charge in [-0.05, 0) is 30.5 Å². The number of hydrogen-bond acceptors (Lipinski definition) is 4. The molecule has 2 aliphatic heterocycles. The number of morpholine rings is 1. The zero-order valence-electron chi connectivity index (χ0n) is 11.9. The number of piperidine rings is 1. The predicted octanol–water partition coefficient (Wildman–Crippen LogP) is 1.97. The average molecular weight is 317 g/mol. The molecule has 4 nitrogen and oxygen atoms in total. The summed E-state index contributed by atoms with van der Waals surface area (Å²) in [5.41, 5.74) is -0.280. The van der Waals surface area contributed by atoms with Crippen LogP contribution in [0.3, 0.4) is 0 Å². The average Bonchev–Trinajstić information content (AvgIpc) is 2.44. The first-order valence-electron chi connectivity index (χ1n) is 7.20. The second-order valence-corrected chi connectivity index (χ2v) is 5.97. The maximum absolute atomic E-state index is 12.1. The van der Waals surface area contributed by atoms with Crippen molar-refractivity contribution in [3.05, 3.63) is 29.8 Å². The summed E-state index contributed by atoms with van der Waals surface area (Å²) < 4.78 is 46.5. The lowest BCUT2D eigenvalue weighted by Gasteiger charge is -2.45. The Kier molecular flexibility index (Phi) is 4.05. The number of benzene rings is 1. The van der Waals surface area contributed by atoms with E-state index in [4.69, 9.17) is 4.74 Å². The van der Waals surface area contributed by atoms with Crippen LogP contribution in [0.5, 0.6) is 5.75 Å². The van der Waals surface area contributed by atoms with Gasteiger partial charge < -0.3 is 19.9 Å². The van der Waals surface area contributed by atoms with E-state index < -0.39 is 18.4 Å². The van der Waals surface area contributed by atoms with E-state index in [-0.39, 0.29) is 17.8 Å². The van der Waals surface area contributed by atoms with Crippen molar-refractivity contribution in [2.45, 2.75) is 36.7 Å². The minimum Gasteiger partial charge on any atom is -0.484 e. The van der Waals surface area contributed by atoms with Gasteiger partial charge in [-0.15, -0.1) is 0 Å². The molecule has 1 aromatic carbocycles. The molecule has 0 spiro atoms. The van der Waals surface area contributed by atoms with Crippen molar-refractivity contribution in [1.29, 1.82) is 0 Å². The molecule has 2 atom stereocenters. The smallest absolute Gasteiger partial charge is 0.422 e. The van der Waals surface area contributed by atoms with Gasteiger partial charge in [0.05, 0.1) is 18.8 Å². The van der Waals surface area contributed by atoms with Crippen LogP contribution in [0.1, 0.15) is 18.4 Å². The first kappa shape index (κ1) is 15.6. The van der Waals surface area contributed by atoms with Gasteiger partial charge in [-0.25, -0.2) is 0 Å². The summed E-state index contributed by atoms with van der Waals surface area (Å²) in [4.78, 5) is 0. The van der Waals surface area contributed by atoms with Crippen molar-refractivity contribution >= 4 is 0 Å². The quantitative estimate of drug-likeness (QED) is 0.895. The Morgan fingerprint density at radius 1 is 1.18 bits per heavy atom. The van der Waals surface area contributed by atoms with Crippen LogP contribution >= 0.6 is 0 Å².